The second-order valence-electron chi connectivity index (χ2n) is 7.19. The molecule has 0 bridgehead atoms. The third kappa shape index (κ3) is 3.92. The molecule has 2 aromatic rings. The molecule has 0 amide bonds. The van der Waals surface area contributed by atoms with Gasteiger partial charge < -0.3 is 24.7 Å². The second-order valence-corrected chi connectivity index (χ2v) is 7.19. The first kappa shape index (κ1) is 17.8. The van der Waals surface area contributed by atoms with Gasteiger partial charge in [0.05, 0.1) is 24.5 Å². The van der Waals surface area contributed by atoms with Crippen LogP contribution in [-0.4, -0.2) is 42.7 Å². The number of aromatic nitrogens is 1. The summed E-state index contributed by atoms with van der Waals surface area (Å²) in [6.45, 7) is 3.81. The fourth-order valence-electron chi connectivity index (χ4n) is 3.76. The van der Waals surface area contributed by atoms with E-state index in [0.717, 1.165) is 68.2 Å². The fraction of sp³-hybridized carbons (Fsp3) is 0.500. The number of nitrogens with one attached hydrogen (secondary N) is 2. The van der Waals surface area contributed by atoms with Crippen LogP contribution in [0.5, 0.6) is 0 Å². The van der Waals surface area contributed by atoms with Gasteiger partial charge in [-0.15, -0.1) is 0 Å². The van der Waals surface area contributed by atoms with Crippen LogP contribution >= 0.6 is 0 Å². The molecule has 2 N–H and O–H groups in total. The van der Waals surface area contributed by atoms with E-state index in [-0.39, 0.29) is 6.10 Å². The molecule has 1 atom stereocenters. The number of likely N-dealkylation sites (N-methyl/N-ethyl adjacent to an activating group) is 1. The van der Waals surface area contributed by atoms with Gasteiger partial charge in [-0.05, 0) is 44.0 Å². The summed E-state index contributed by atoms with van der Waals surface area (Å²) < 4.78 is 11.1. The monoisotopic (exact) mass is 367 g/mol. The first-order valence-electron chi connectivity index (χ1n) is 9.50. The van der Waals surface area contributed by atoms with Gasteiger partial charge in [-0.25, -0.2) is 4.98 Å². The van der Waals surface area contributed by atoms with Crippen molar-refractivity contribution in [2.45, 2.75) is 38.5 Å². The Morgan fingerprint density at radius 2 is 2.26 bits per heavy atom. The van der Waals surface area contributed by atoms with E-state index in [4.69, 9.17) is 14.1 Å². The molecule has 2 aromatic heterocycles. The zero-order chi connectivity index (χ0) is 18.6. The molecule has 0 spiro atoms. The van der Waals surface area contributed by atoms with E-state index in [1.54, 1.807) is 6.26 Å². The number of fused-ring (bicyclic) bond motifs is 1. The van der Waals surface area contributed by atoms with E-state index in [1.165, 1.54) is 0 Å². The first-order chi connectivity index (χ1) is 13.2. The molecule has 4 heterocycles. The first-order valence-corrected chi connectivity index (χ1v) is 9.50. The van der Waals surface area contributed by atoms with Crippen LogP contribution in [-0.2, 0) is 24.2 Å². The minimum atomic E-state index is 0.235. The maximum atomic E-state index is 9.78. The van der Waals surface area contributed by atoms with Gasteiger partial charge >= 0.3 is 0 Å². The Bertz CT molecular complexity index is 822. The number of nitrogens with zero attached hydrogens (tertiary/aromatic N) is 3. The predicted octanol–water partition coefficient (Wildman–Crippen LogP) is 2.74. The van der Waals surface area contributed by atoms with Crippen LogP contribution < -0.4 is 10.6 Å². The molecule has 4 rings (SSSR count). The van der Waals surface area contributed by atoms with Crippen LogP contribution in [0.1, 0.15) is 35.3 Å². The minimum absolute atomic E-state index is 0.235. The molecule has 7 heteroatoms. The van der Waals surface area contributed by atoms with Gasteiger partial charge in [-0.1, -0.05) is 0 Å². The van der Waals surface area contributed by atoms with Gasteiger partial charge in [0.15, 0.2) is 0 Å². The Hall–Kier alpha value is -2.56. The Labute approximate surface area is 159 Å². The quantitative estimate of drug-likeness (QED) is 0.812. The van der Waals surface area contributed by atoms with E-state index in [2.05, 4.69) is 28.7 Å². The summed E-state index contributed by atoms with van der Waals surface area (Å²) in [7, 11) is 2.10. The summed E-state index contributed by atoms with van der Waals surface area (Å²) in [6, 6.07) is 6.13. The lowest BCUT2D eigenvalue weighted by Crippen LogP contribution is -2.30. The highest BCUT2D eigenvalue weighted by Crippen LogP contribution is 2.32. The third-order valence-corrected chi connectivity index (χ3v) is 5.23. The highest BCUT2D eigenvalue weighted by Gasteiger charge is 2.25. The van der Waals surface area contributed by atoms with Gasteiger partial charge in [0.2, 0.25) is 0 Å². The molecule has 7 nitrogen and oxygen atoms in total. The van der Waals surface area contributed by atoms with Crippen LogP contribution in [0.2, 0.25) is 0 Å². The molecule has 0 saturated carbocycles. The van der Waals surface area contributed by atoms with Crippen LogP contribution in [0.3, 0.4) is 0 Å². The zero-order valence-corrected chi connectivity index (χ0v) is 15.6. The van der Waals surface area contributed by atoms with Crippen molar-refractivity contribution >= 4 is 11.6 Å². The third-order valence-electron chi connectivity index (χ3n) is 5.23. The number of anilines is 2. The average molecular weight is 367 g/mol. The summed E-state index contributed by atoms with van der Waals surface area (Å²) in [5, 5.41) is 16.6. The van der Waals surface area contributed by atoms with Crippen molar-refractivity contribution in [1.29, 1.82) is 5.26 Å². The fourth-order valence-corrected chi connectivity index (χ4v) is 3.76. The largest absolute Gasteiger partial charge is 0.467 e. The summed E-state index contributed by atoms with van der Waals surface area (Å²) in [6.07, 6.45) is 4.92. The lowest BCUT2D eigenvalue weighted by atomic mass is 9.96. The van der Waals surface area contributed by atoms with Gasteiger partial charge in [0.1, 0.15) is 23.5 Å². The van der Waals surface area contributed by atoms with Crippen molar-refractivity contribution in [2.75, 3.05) is 37.4 Å². The highest BCUT2D eigenvalue weighted by atomic mass is 16.5. The molecule has 1 saturated heterocycles. The van der Waals surface area contributed by atoms with Crippen LogP contribution in [0, 0.1) is 11.3 Å². The number of nitriles is 1. The molecule has 142 valence electrons. The van der Waals surface area contributed by atoms with Gasteiger partial charge in [0, 0.05) is 31.8 Å². The average Bonchev–Trinajstić information content (AvgIpc) is 3.38. The number of furan rings is 1. The van der Waals surface area contributed by atoms with E-state index >= 15 is 0 Å². The molecule has 0 unspecified atom stereocenters. The SMILES string of the molecule is CN1CCc2c(C#N)c(NCc3ccco3)nc(NC[C@H]3CCCO3)c2C1. The standard InChI is InChI=1S/C20H25N5O2/c1-25-7-6-16-17(10-21)19(22-11-14-4-2-8-26-14)24-20(18(16)13-25)23-12-15-5-3-9-27-15/h2,4,8,15H,3,5-7,9,11-13H2,1H3,(H2,22,23,24)/t15-/m1/s1. The summed E-state index contributed by atoms with van der Waals surface area (Å²) in [5.74, 6) is 2.28. The Morgan fingerprint density at radius 3 is 3.00 bits per heavy atom. The van der Waals surface area contributed by atoms with E-state index in [9.17, 15) is 5.26 Å². The number of pyridine rings is 1. The number of hydrogen-bond acceptors (Lipinski definition) is 7. The second kappa shape index (κ2) is 7.99. The van der Waals surface area contributed by atoms with Crippen molar-refractivity contribution in [3.63, 3.8) is 0 Å². The zero-order valence-electron chi connectivity index (χ0n) is 15.6. The normalized spacial score (nSPS) is 19.5. The van der Waals surface area contributed by atoms with Gasteiger partial charge in [-0.3, -0.25) is 0 Å². The van der Waals surface area contributed by atoms with Crippen molar-refractivity contribution in [1.82, 2.24) is 9.88 Å². The lowest BCUT2D eigenvalue weighted by molar-refractivity contribution is 0.120. The summed E-state index contributed by atoms with van der Waals surface area (Å²) in [5.41, 5.74) is 2.87. The molecule has 0 radical (unpaired) electrons. The molecule has 0 aromatic carbocycles. The molecule has 0 aliphatic carbocycles. The molecule has 27 heavy (non-hydrogen) atoms. The Balaban J connectivity index is 1.62. The van der Waals surface area contributed by atoms with Crippen molar-refractivity contribution < 1.29 is 9.15 Å². The maximum Gasteiger partial charge on any atom is 0.147 e. The molecular weight excluding hydrogens is 342 g/mol. The minimum Gasteiger partial charge on any atom is -0.467 e. The molecule has 2 aliphatic heterocycles. The summed E-state index contributed by atoms with van der Waals surface area (Å²) in [4.78, 5) is 7.05. The highest BCUT2D eigenvalue weighted by molar-refractivity contribution is 5.66. The van der Waals surface area contributed by atoms with Crippen molar-refractivity contribution in [3.05, 3.63) is 40.8 Å². The number of hydrogen-bond donors (Lipinski definition) is 2. The van der Waals surface area contributed by atoms with E-state index in [1.807, 2.05) is 12.1 Å². The van der Waals surface area contributed by atoms with Crippen molar-refractivity contribution in [3.8, 4) is 6.07 Å². The number of rotatable bonds is 6. The maximum absolute atomic E-state index is 9.78. The Kier molecular flexibility index (Phi) is 5.28. The smallest absolute Gasteiger partial charge is 0.147 e. The lowest BCUT2D eigenvalue weighted by Gasteiger charge is -2.29. The molecule has 2 aliphatic rings. The molecular formula is C20H25N5O2. The van der Waals surface area contributed by atoms with Crippen LogP contribution in [0.25, 0.3) is 0 Å². The van der Waals surface area contributed by atoms with Crippen LogP contribution in [0.4, 0.5) is 11.6 Å². The predicted molar refractivity (Wildman–Crippen MR) is 102 cm³/mol. The number of ether oxygens (including phenoxy) is 1. The Morgan fingerprint density at radius 1 is 1.33 bits per heavy atom. The topological polar surface area (TPSA) is 86.4 Å². The van der Waals surface area contributed by atoms with Gasteiger partial charge in [0.25, 0.3) is 0 Å². The van der Waals surface area contributed by atoms with Crippen LogP contribution in [0.15, 0.2) is 22.8 Å². The van der Waals surface area contributed by atoms with E-state index < -0.39 is 0 Å². The van der Waals surface area contributed by atoms with E-state index in [0.29, 0.717) is 17.9 Å². The van der Waals surface area contributed by atoms with Crippen molar-refractivity contribution in [2.24, 2.45) is 0 Å². The molecule has 1 fully saturated rings. The van der Waals surface area contributed by atoms with Gasteiger partial charge in [-0.2, -0.15) is 5.26 Å². The summed E-state index contributed by atoms with van der Waals surface area (Å²) >= 11 is 0.